The number of likely N-dealkylation sites (tertiary alicyclic amines) is 1. The van der Waals surface area contributed by atoms with Crippen molar-refractivity contribution in [3.8, 4) is 11.3 Å². The maximum atomic E-state index is 13.4. The number of fused-ring (bicyclic) bond motifs is 1. The molecular weight excluding hydrogens is 478 g/mol. The van der Waals surface area contributed by atoms with Gasteiger partial charge in [-0.1, -0.05) is 42.5 Å². The maximum Gasteiger partial charge on any atom is 0.331 e. The van der Waals surface area contributed by atoms with Crippen molar-refractivity contribution in [1.82, 2.24) is 23.3 Å². The Morgan fingerprint density at radius 3 is 2.39 bits per heavy atom. The fraction of sp³-hybridized carbons (Fsp3) is 0.308. The minimum absolute atomic E-state index is 0.0930. The second-order valence-corrected chi connectivity index (χ2v) is 11.4. The van der Waals surface area contributed by atoms with E-state index < -0.39 is 21.3 Å². The number of hydrogen-bond acceptors (Lipinski definition) is 5. The summed E-state index contributed by atoms with van der Waals surface area (Å²) in [6, 6.07) is 18.4. The molecule has 1 N–H and O–H groups in total. The molecule has 0 bridgehead atoms. The van der Waals surface area contributed by atoms with Gasteiger partial charge in [0, 0.05) is 52.5 Å². The first-order valence-corrected chi connectivity index (χ1v) is 13.2. The molecule has 0 spiro atoms. The quantitative estimate of drug-likeness (QED) is 0.431. The second kappa shape index (κ2) is 9.20. The Bertz CT molecular complexity index is 1640. The summed E-state index contributed by atoms with van der Waals surface area (Å²) in [4.78, 5) is 30.3. The number of aromatic amines is 1. The first-order chi connectivity index (χ1) is 17.2. The standard InChI is InChI=1S/C26H29N5O4S/c1-28-23-15-22(27-24(23)25(32)29(2)26(28)33)19-9-11-21(12-10-19)36(34,35)30(3)20-13-14-31(17-20)16-18-7-5-4-6-8-18/h4-12,15,20,27H,13-14,16-17H2,1-3H3. The number of nitrogens with one attached hydrogen (secondary N) is 1. The Kier molecular flexibility index (Phi) is 6.19. The van der Waals surface area contributed by atoms with E-state index in [4.69, 9.17) is 0 Å². The van der Waals surface area contributed by atoms with Gasteiger partial charge in [0.1, 0.15) is 5.52 Å². The van der Waals surface area contributed by atoms with Crippen LogP contribution in [-0.2, 0) is 30.7 Å². The molecule has 1 atom stereocenters. The summed E-state index contributed by atoms with van der Waals surface area (Å²) in [6.07, 6.45) is 0.781. The molecule has 3 heterocycles. The predicted octanol–water partition coefficient (Wildman–Crippen LogP) is 2.13. The maximum absolute atomic E-state index is 13.4. The number of nitrogens with zero attached hydrogens (tertiary/aromatic N) is 4. The lowest BCUT2D eigenvalue weighted by Gasteiger charge is -2.24. The highest BCUT2D eigenvalue weighted by atomic mass is 32.2. The lowest BCUT2D eigenvalue weighted by atomic mass is 10.1. The van der Waals surface area contributed by atoms with Gasteiger partial charge in [0.25, 0.3) is 5.56 Å². The van der Waals surface area contributed by atoms with Gasteiger partial charge in [0.15, 0.2) is 0 Å². The zero-order valence-electron chi connectivity index (χ0n) is 20.5. The van der Waals surface area contributed by atoms with Crippen LogP contribution in [0.15, 0.2) is 75.1 Å². The first-order valence-electron chi connectivity index (χ1n) is 11.8. The number of hydrogen-bond donors (Lipinski definition) is 1. The molecule has 9 nitrogen and oxygen atoms in total. The second-order valence-electron chi connectivity index (χ2n) is 9.36. The van der Waals surface area contributed by atoms with E-state index in [2.05, 4.69) is 22.0 Å². The topological polar surface area (TPSA) is 100 Å². The van der Waals surface area contributed by atoms with Gasteiger partial charge in [0.2, 0.25) is 10.0 Å². The minimum Gasteiger partial charge on any atom is -0.349 e. The number of aromatic nitrogens is 3. The van der Waals surface area contributed by atoms with Crippen LogP contribution >= 0.6 is 0 Å². The molecule has 5 rings (SSSR count). The molecule has 0 saturated carbocycles. The monoisotopic (exact) mass is 507 g/mol. The number of rotatable bonds is 6. The van der Waals surface area contributed by atoms with Crippen LogP contribution in [0.4, 0.5) is 0 Å². The number of benzene rings is 2. The van der Waals surface area contributed by atoms with E-state index >= 15 is 0 Å². The van der Waals surface area contributed by atoms with Crippen molar-refractivity contribution in [1.29, 1.82) is 0 Å². The van der Waals surface area contributed by atoms with Crippen molar-refractivity contribution >= 4 is 21.1 Å². The van der Waals surface area contributed by atoms with Crippen molar-refractivity contribution in [2.24, 2.45) is 14.1 Å². The molecule has 1 aliphatic heterocycles. The van der Waals surface area contributed by atoms with Gasteiger partial charge in [-0.05, 0) is 35.7 Å². The molecule has 1 unspecified atom stereocenters. The van der Waals surface area contributed by atoms with Crippen molar-refractivity contribution in [3.63, 3.8) is 0 Å². The lowest BCUT2D eigenvalue weighted by Crippen LogP contribution is -2.38. The van der Waals surface area contributed by atoms with Crippen LogP contribution < -0.4 is 11.2 Å². The van der Waals surface area contributed by atoms with Crippen molar-refractivity contribution in [2.45, 2.75) is 23.9 Å². The summed E-state index contributed by atoms with van der Waals surface area (Å²) in [7, 11) is 1.02. The fourth-order valence-corrected chi connectivity index (χ4v) is 6.25. The van der Waals surface area contributed by atoms with Crippen LogP contribution in [0.2, 0.25) is 0 Å². The Morgan fingerprint density at radius 1 is 1.00 bits per heavy atom. The molecule has 4 aromatic rings. The summed E-state index contributed by atoms with van der Waals surface area (Å²) in [5.41, 5.74) is 2.58. The largest absolute Gasteiger partial charge is 0.349 e. The van der Waals surface area contributed by atoms with Crippen LogP contribution in [0.1, 0.15) is 12.0 Å². The van der Waals surface area contributed by atoms with Crippen molar-refractivity contribution in [3.05, 3.63) is 87.1 Å². The number of H-pyrrole nitrogens is 1. The molecule has 2 aromatic heterocycles. The van der Waals surface area contributed by atoms with Crippen LogP contribution in [0.3, 0.4) is 0 Å². The Morgan fingerprint density at radius 2 is 1.69 bits per heavy atom. The van der Waals surface area contributed by atoms with Crippen LogP contribution in [0.25, 0.3) is 22.3 Å². The first kappa shape index (κ1) is 24.2. The zero-order valence-corrected chi connectivity index (χ0v) is 21.3. The molecule has 0 radical (unpaired) electrons. The van der Waals surface area contributed by atoms with Gasteiger partial charge in [-0.3, -0.25) is 18.8 Å². The Labute approximate surface area is 209 Å². The molecule has 2 aromatic carbocycles. The van der Waals surface area contributed by atoms with E-state index in [0.717, 1.165) is 29.6 Å². The minimum atomic E-state index is -3.67. The molecule has 1 aliphatic rings. The smallest absolute Gasteiger partial charge is 0.331 e. The Balaban J connectivity index is 1.35. The summed E-state index contributed by atoms with van der Waals surface area (Å²) >= 11 is 0. The van der Waals surface area contributed by atoms with Gasteiger partial charge < -0.3 is 4.98 Å². The molecule has 188 valence electrons. The number of likely N-dealkylation sites (N-methyl/N-ethyl adjacent to an activating group) is 1. The molecule has 36 heavy (non-hydrogen) atoms. The summed E-state index contributed by atoms with van der Waals surface area (Å²) < 4.78 is 30.7. The SMILES string of the molecule is CN(C1CCN(Cc2ccccc2)C1)S(=O)(=O)c1ccc(-c2cc3c([nH]2)c(=O)n(C)c(=O)n3C)cc1. The summed E-state index contributed by atoms with van der Waals surface area (Å²) in [6.45, 7) is 2.34. The number of sulfonamides is 1. The molecule has 1 saturated heterocycles. The van der Waals surface area contributed by atoms with E-state index in [0.29, 0.717) is 23.3 Å². The van der Waals surface area contributed by atoms with Gasteiger partial charge >= 0.3 is 5.69 Å². The van der Waals surface area contributed by atoms with E-state index in [-0.39, 0.29) is 10.9 Å². The van der Waals surface area contributed by atoms with Crippen LogP contribution in [-0.4, -0.2) is 57.9 Å². The van der Waals surface area contributed by atoms with Crippen molar-refractivity contribution in [2.75, 3.05) is 20.1 Å². The summed E-state index contributed by atoms with van der Waals surface area (Å²) in [5.74, 6) is 0. The lowest BCUT2D eigenvalue weighted by molar-refractivity contribution is 0.298. The van der Waals surface area contributed by atoms with E-state index in [1.165, 1.54) is 21.5 Å². The van der Waals surface area contributed by atoms with Gasteiger partial charge in [0.05, 0.1) is 10.4 Å². The van der Waals surface area contributed by atoms with Gasteiger partial charge in [-0.2, -0.15) is 4.31 Å². The normalized spacial score (nSPS) is 16.8. The van der Waals surface area contributed by atoms with E-state index in [1.807, 2.05) is 18.2 Å². The molecule has 10 heteroatoms. The van der Waals surface area contributed by atoms with Crippen molar-refractivity contribution < 1.29 is 8.42 Å². The highest BCUT2D eigenvalue weighted by molar-refractivity contribution is 7.89. The Hall–Kier alpha value is -3.47. The third-order valence-electron chi connectivity index (χ3n) is 7.10. The zero-order chi connectivity index (χ0) is 25.6. The average Bonchev–Trinajstić information content (AvgIpc) is 3.54. The third kappa shape index (κ3) is 4.21. The summed E-state index contributed by atoms with van der Waals surface area (Å²) in [5, 5.41) is 0. The predicted molar refractivity (Wildman–Crippen MR) is 139 cm³/mol. The molecule has 0 aliphatic carbocycles. The molecular formula is C26H29N5O4S. The van der Waals surface area contributed by atoms with E-state index in [9.17, 15) is 18.0 Å². The molecule has 0 amide bonds. The van der Waals surface area contributed by atoms with E-state index in [1.54, 1.807) is 44.4 Å². The highest BCUT2D eigenvalue weighted by Crippen LogP contribution is 2.27. The fourth-order valence-electron chi connectivity index (χ4n) is 4.87. The third-order valence-corrected chi connectivity index (χ3v) is 9.03. The highest BCUT2D eigenvalue weighted by Gasteiger charge is 2.33. The van der Waals surface area contributed by atoms with Crippen LogP contribution in [0, 0.1) is 0 Å². The number of aryl methyl sites for hydroxylation is 1. The van der Waals surface area contributed by atoms with Gasteiger partial charge in [-0.15, -0.1) is 0 Å². The van der Waals surface area contributed by atoms with Gasteiger partial charge in [-0.25, -0.2) is 13.2 Å². The molecule has 1 fully saturated rings. The average molecular weight is 508 g/mol. The van der Waals surface area contributed by atoms with Crippen LogP contribution in [0.5, 0.6) is 0 Å².